The number of carbonyl (C=O) groups is 4. The molecular formula is C26H29N3O7S. The third-order valence-electron chi connectivity index (χ3n) is 5.92. The number of rotatable bonds is 9. The maximum Gasteiger partial charge on any atom is 0.374 e. The van der Waals surface area contributed by atoms with E-state index < -0.39 is 51.6 Å². The summed E-state index contributed by atoms with van der Waals surface area (Å²) in [5.74, 6) is -5.12. The third kappa shape index (κ3) is 5.88. The van der Waals surface area contributed by atoms with Crippen LogP contribution in [0.1, 0.15) is 31.9 Å². The summed E-state index contributed by atoms with van der Waals surface area (Å²) in [6, 6.07) is 14.0. The minimum Gasteiger partial charge on any atom is -0.475 e. The van der Waals surface area contributed by atoms with Crippen LogP contribution < -0.4 is 0 Å². The number of benzene rings is 2. The first-order chi connectivity index (χ1) is 17.3. The zero-order valence-corrected chi connectivity index (χ0v) is 21.8. The Labute approximate surface area is 215 Å². The highest BCUT2D eigenvalue weighted by molar-refractivity contribution is 7.88. The number of amides is 2. The summed E-state index contributed by atoms with van der Waals surface area (Å²) < 4.78 is 26.4. The predicted molar refractivity (Wildman–Crippen MR) is 136 cm³/mol. The maximum absolute atomic E-state index is 14.0. The van der Waals surface area contributed by atoms with E-state index in [1.807, 2.05) is 0 Å². The SMILES string of the molecule is CC(=O)N([C@@H](Cc1ccccc1)C(=O)C(=O)O)N1C(=O)C(C(C)C)N(S(C)(=O)=O)C=C1c1ccccc1. The number of carbonyl (C=O) groups excluding carboxylic acids is 3. The monoisotopic (exact) mass is 527 g/mol. The minimum atomic E-state index is -3.92. The van der Waals surface area contributed by atoms with Crippen molar-refractivity contribution in [3.05, 3.63) is 78.0 Å². The Morgan fingerprint density at radius 3 is 2.00 bits per heavy atom. The number of ketones is 1. The molecule has 0 aromatic heterocycles. The Hall–Kier alpha value is -3.99. The van der Waals surface area contributed by atoms with Gasteiger partial charge < -0.3 is 5.11 Å². The molecule has 1 heterocycles. The molecule has 0 fully saturated rings. The van der Waals surface area contributed by atoms with Crippen molar-refractivity contribution in [2.24, 2.45) is 5.92 Å². The molecule has 0 radical (unpaired) electrons. The highest BCUT2D eigenvalue weighted by Crippen LogP contribution is 2.34. The van der Waals surface area contributed by atoms with Gasteiger partial charge in [-0.3, -0.25) is 18.7 Å². The smallest absolute Gasteiger partial charge is 0.374 e. The summed E-state index contributed by atoms with van der Waals surface area (Å²) in [5, 5.41) is 11.4. The van der Waals surface area contributed by atoms with E-state index in [0.717, 1.165) is 27.5 Å². The lowest BCUT2D eigenvalue weighted by Crippen LogP contribution is -2.63. The Balaban J connectivity index is 2.30. The van der Waals surface area contributed by atoms with Gasteiger partial charge in [-0.05, 0) is 11.5 Å². The van der Waals surface area contributed by atoms with E-state index in [9.17, 15) is 32.7 Å². The fourth-order valence-corrected chi connectivity index (χ4v) is 5.32. The zero-order chi connectivity index (χ0) is 27.5. The van der Waals surface area contributed by atoms with Gasteiger partial charge in [-0.2, -0.15) is 0 Å². The average molecular weight is 528 g/mol. The quantitative estimate of drug-likeness (QED) is 0.494. The molecule has 0 spiro atoms. The summed E-state index contributed by atoms with van der Waals surface area (Å²) in [5.41, 5.74) is 0.972. The number of hydrogen-bond donors (Lipinski definition) is 1. The molecule has 0 bridgehead atoms. The summed E-state index contributed by atoms with van der Waals surface area (Å²) in [6.07, 6.45) is 2.04. The number of carboxylic acids is 1. The number of hydrogen-bond acceptors (Lipinski definition) is 6. The Kier molecular flexibility index (Phi) is 8.17. The third-order valence-corrected chi connectivity index (χ3v) is 7.01. The molecule has 0 aliphatic carbocycles. The fourth-order valence-electron chi connectivity index (χ4n) is 4.29. The van der Waals surface area contributed by atoms with Crippen LogP contribution >= 0.6 is 0 Å². The lowest BCUT2D eigenvalue weighted by Gasteiger charge is -2.46. The molecule has 37 heavy (non-hydrogen) atoms. The van der Waals surface area contributed by atoms with Gasteiger partial charge in [0.1, 0.15) is 12.1 Å². The number of sulfonamides is 1. The van der Waals surface area contributed by atoms with Gasteiger partial charge in [0.25, 0.3) is 11.7 Å². The van der Waals surface area contributed by atoms with Crippen LogP contribution in [0, 0.1) is 5.92 Å². The van der Waals surface area contributed by atoms with Crippen molar-refractivity contribution in [1.29, 1.82) is 0 Å². The van der Waals surface area contributed by atoms with Crippen LogP contribution in [0.15, 0.2) is 66.9 Å². The molecule has 0 saturated carbocycles. The van der Waals surface area contributed by atoms with Crippen LogP contribution in [0.3, 0.4) is 0 Å². The Bertz CT molecular complexity index is 1320. The van der Waals surface area contributed by atoms with Gasteiger partial charge in [0, 0.05) is 25.1 Å². The molecule has 1 N–H and O–H groups in total. The van der Waals surface area contributed by atoms with Crippen molar-refractivity contribution in [3.8, 4) is 0 Å². The fraction of sp³-hybridized carbons (Fsp3) is 0.308. The van der Waals surface area contributed by atoms with Crippen LogP contribution in [0.25, 0.3) is 5.70 Å². The molecule has 1 aliphatic heterocycles. The van der Waals surface area contributed by atoms with E-state index >= 15 is 0 Å². The van der Waals surface area contributed by atoms with Crippen LogP contribution in [0.4, 0.5) is 0 Å². The van der Waals surface area contributed by atoms with E-state index in [1.165, 1.54) is 6.20 Å². The van der Waals surface area contributed by atoms with Crippen LogP contribution in [-0.2, 0) is 35.6 Å². The highest BCUT2D eigenvalue weighted by Gasteiger charge is 2.47. The van der Waals surface area contributed by atoms with Gasteiger partial charge >= 0.3 is 5.97 Å². The van der Waals surface area contributed by atoms with E-state index in [4.69, 9.17) is 0 Å². The van der Waals surface area contributed by atoms with E-state index in [1.54, 1.807) is 74.5 Å². The average Bonchev–Trinajstić information content (AvgIpc) is 2.83. The molecule has 3 rings (SSSR count). The zero-order valence-electron chi connectivity index (χ0n) is 20.9. The van der Waals surface area contributed by atoms with E-state index in [0.29, 0.717) is 11.1 Å². The van der Waals surface area contributed by atoms with Gasteiger partial charge in [-0.15, -0.1) is 0 Å². The van der Waals surface area contributed by atoms with Crippen LogP contribution in [-0.4, -0.2) is 69.8 Å². The molecule has 2 aromatic rings. The predicted octanol–water partition coefficient (Wildman–Crippen LogP) is 2.14. The second-order valence-electron chi connectivity index (χ2n) is 9.05. The maximum atomic E-state index is 14.0. The van der Waals surface area contributed by atoms with Gasteiger partial charge in [0.2, 0.25) is 15.9 Å². The van der Waals surface area contributed by atoms with Gasteiger partial charge in [0.15, 0.2) is 0 Å². The number of nitrogens with zero attached hydrogens (tertiary/aromatic N) is 3. The van der Waals surface area contributed by atoms with Crippen molar-refractivity contribution in [1.82, 2.24) is 14.3 Å². The minimum absolute atomic E-state index is 0.0133. The second-order valence-corrected chi connectivity index (χ2v) is 10.9. The highest BCUT2D eigenvalue weighted by atomic mass is 32.2. The molecule has 11 heteroatoms. The lowest BCUT2D eigenvalue weighted by atomic mass is 9.98. The van der Waals surface area contributed by atoms with Gasteiger partial charge in [-0.1, -0.05) is 74.5 Å². The number of hydrazine groups is 1. The molecule has 2 atom stereocenters. The summed E-state index contributed by atoms with van der Waals surface area (Å²) >= 11 is 0. The van der Waals surface area contributed by atoms with E-state index in [2.05, 4.69) is 0 Å². The van der Waals surface area contributed by atoms with Crippen molar-refractivity contribution >= 4 is 39.3 Å². The van der Waals surface area contributed by atoms with E-state index in [-0.39, 0.29) is 12.1 Å². The van der Waals surface area contributed by atoms with Gasteiger partial charge in [0.05, 0.1) is 12.0 Å². The number of Topliss-reactive ketones (excluding diaryl/α,β-unsaturated/α-hetero) is 1. The normalized spacial score (nSPS) is 16.8. The van der Waals surface area contributed by atoms with Crippen molar-refractivity contribution in [3.63, 3.8) is 0 Å². The molecule has 0 saturated heterocycles. The Morgan fingerprint density at radius 2 is 1.54 bits per heavy atom. The molecule has 196 valence electrons. The topological polar surface area (TPSA) is 132 Å². The molecule has 10 nitrogen and oxygen atoms in total. The molecule has 1 unspecified atom stereocenters. The van der Waals surface area contributed by atoms with Crippen LogP contribution in [0.2, 0.25) is 0 Å². The summed E-state index contributed by atoms with van der Waals surface area (Å²) in [4.78, 5) is 51.9. The largest absolute Gasteiger partial charge is 0.475 e. The number of aliphatic carboxylic acids is 1. The molecular weight excluding hydrogens is 498 g/mol. The van der Waals surface area contributed by atoms with Crippen LogP contribution in [0.5, 0.6) is 0 Å². The second kappa shape index (κ2) is 11.0. The van der Waals surface area contributed by atoms with Crippen molar-refractivity contribution < 1.29 is 32.7 Å². The first-order valence-corrected chi connectivity index (χ1v) is 13.4. The molecule has 1 aliphatic rings. The lowest BCUT2D eigenvalue weighted by molar-refractivity contribution is -0.169. The standard InChI is InChI=1S/C26H29N3O7S/c1-17(2)23-25(32)29(22(16-27(23)37(4,35)36)20-13-9-6-10-14-20)28(18(3)30)21(24(31)26(33)34)15-19-11-7-5-8-12-19/h5-14,16-17,21,23H,15H2,1-4H3,(H,33,34)/t21-,23?/m0/s1. The van der Waals surface area contributed by atoms with Crippen molar-refractivity contribution in [2.45, 2.75) is 39.3 Å². The molecule has 2 aromatic carbocycles. The first kappa shape index (κ1) is 27.6. The van der Waals surface area contributed by atoms with Crippen molar-refractivity contribution in [2.75, 3.05) is 6.26 Å². The summed E-state index contributed by atoms with van der Waals surface area (Å²) in [6.45, 7) is 4.43. The number of carboxylic acid groups (broad SMARTS) is 1. The summed E-state index contributed by atoms with van der Waals surface area (Å²) in [7, 11) is -3.92. The first-order valence-electron chi connectivity index (χ1n) is 11.5. The molecule has 2 amide bonds. The van der Waals surface area contributed by atoms with Gasteiger partial charge in [-0.25, -0.2) is 23.2 Å². The Morgan fingerprint density at radius 1 is 1.00 bits per heavy atom.